The van der Waals surface area contributed by atoms with Gasteiger partial charge in [0, 0.05) is 12.0 Å². The van der Waals surface area contributed by atoms with E-state index in [0.29, 0.717) is 11.1 Å². The number of rotatable bonds is 4. The minimum atomic E-state index is -0.465. The molecule has 2 nitrogen and oxygen atoms in total. The van der Waals surface area contributed by atoms with Crippen LogP contribution in [0.5, 0.6) is 5.75 Å². The third-order valence-electron chi connectivity index (χ3n) is 3.30. The first-order chi connectivity index (χ1) is 9.52. The van der Waals surface area contributed by atoms with E-state index >= 15 is 0 Å². The molecular weight excluding hydrogens is 255 g/mol. The fourth-order valence-corrected chi connectivity index (χ4v) is 2.25. The zero-order chi connectivity index (χ0) is 14.7. The van der Waals surface area contributed by atoms with E-state index < -0.39 is 5.82 Å². The van der Waals surface area contributed by atoms with Crippen molar-refractivity contribution in [1.82, 2.24) is 0 Å². The standard InChI is InChI=1S/C17H17FO2/c1-11-7-8-14(12(2)9-11)15(19)10-13-5-4-6-16(20-3)17(13)18/h4-9H,10H2,1-3H3. The van der Waals surface area contributed by atoms with Crippen molar-refractivity contribution in [2.75, 3.05) is 7.11 Å². The maximum absolute atomic E-state index is 14.0. The Morgan fingerprint density at radius 3 is 2.60 bits per heavy atom. The summed E-state index contributed by atoms with van der Waals surface area (Å²) in [5.74, 6) is -0.390. The normalized spacial score (nSPS) is 10.4. The van der Waals surface area contributed by atoms with Crippen LogP contribution in [0.3, 0.4) is 0 Å². The van der Waals surface area contributed by atoms with Crippen LogP contribution in [0.1, 0.15) is 27.0 Å². The molecule has 0 unspecified atom stereocenters. The maximum atomic E-state index is 14.0. The smallest absolute Gasteiger partial charge is 0.168 e. The highest BCUT2D eigenvalue weighted by Gasteiger charge is 2.15. The van der Waals surface area contributed by atoms with Crippen molar-refractivity contribution in [3.63, 3.8) is 0 Å². The lowest BCUT2D eigenvalue weighted by Crippen LogP contribution is -2.07. The summed E-state index contributed by atoms with van der Waals surface area (Å²) in [5, 5.41) is 0. The Labute approximate surface area is 118 Å². The molecule has 0 N–H and O–H groups in total. The molecule has 0 aliphatic rings. The third-order valence-corrected chi connectivity index (χ3v) is 3.30. The molecule has 3 heteroatoms. The second kappa shape index (κ2) is 5.87. The fourth-order valence-electron chi connectivity index (χ4n) is 2.25. The lowest BCUT2D eigenvalue weighted by molar-refractivity contribution is 0.0991. The molecule has 2 rings (SSSR count). The van der Waals surface area contributed by atoms with Gasteiger partial charge < -0.3 is 4.74 Å². The quantitative estimate of drug-likeness (QED) is 0.790. The molecule has 0 aromatic heterocycles. The van der Waals surface area contributed by atoms with Crippen molar-refractivity contribution >= 4 is 5.78 Å². The summed E-state index contributed by atoms with van der Waals surface area (Å²) in [6.45, 7) is 3.87. The molecule has 104 valence electrons. The number of carbonyl (C=O) groups excluding carboxylic acids is 1. The number of Topliss-reactive ketones (excluding diaryl/α,β-unsaturated/α-hetero) is 1. The number of hydrogen-bond acceptors (Lipinski definition) is 2. The number of methoxy groups -OCH3 is 1. The van der Waals surface area contributed by atoms with Crippen LogP contribution < -0.4 is 4.74 Å². The number of hydrogen-bond donors (Lipinski definition) is 0. The van der Waals surface area contributed by atoms with Crippen LogP contribution in [0.15, 0.2) is 36.4 Å². The molecule has 0 bridgehead atoms. The van der Waals surface area contributed by atoms with Crippen molar-refractivity contribution in [1.29, 1.82) is 0 Å². The number of carbonyl (C=O) groups is 1. The van der Waals surface area contributed by atoms with Crippen molar-refractivity contribution in [2.24, 2.45) is 0 Å². The van der Waals surface area contributed by atoms with Gasteiger partial charge in [-0.3, -0.25) is 4.79 Å². The van der Waals surface area contributed by atoms with Crippen LogP contribution in [-0.4, -0.2) is 12.9 Å². The lowest BCUT2D eigenvalue weighted by Gasteiger charge is -2.09. The molecule has 0 aliphatic heterocycles. The second-order valence-electron chi connectivity index (χ2n) is 4.85. The molecule has 0 atom stereocenters. The van der Waals surface area contributed by atoms with E-state index in [4.69, 9.17) is 4.74 Å². The Morgan fingerprint density at radius 1 is 1.20 bits per heavy atom. The summed E-state index contributed by atoms with van der Waals surface area (Å²) >= 11 is 0. The van der Waals surface area contributed by atoms with Crippen LogP contribution in [0.2, 0.25) is 0 Å². The third kappa shape index (κ3) is 2.87. The molecule has 0 saturated carbocycles. The zero-order valence-electron chi connectivity index (χ0n) is 11.9. The fraction of sp³-hybridized carbons (Fsp3) is 0.235. The summed E-state index contributed by atoms with van der Waals surface area (Å²) < 4.78 is 19.0. The molecule has 0 aliphatic carbocycles. The Balaban J connectivity index is 2.28. The number of ether oxygens (including phenoxy) is 1. The predicted octanol–water partition coefficient (Wildman–Crippen LogP) is 3.88. The summed E-state index contributed by atoms with van der Waals surface area (Å²) in [7, 11) is 1.41. The summed E-state index contributed by atoms with van der Waals surface area (Å²) in [6, 6.07) is 10.5. The second-order valence-corrected chi connectivity index (χ2v) is 4.85. The first-order valence-electron chi connectivity index (χ1n) is 6.44. The van der Waals surface area contributed by atoms with Crippen LogP contribution in [0.25, 0.3) is 0 Å². The van der Waals surface area contributed by atoms with Crippen molar-refractivity contribution in [3.8, 4) is 5.75 Å². The highest BCUT2D eigenvalue weighted by Crippen LogP contribution is 2.22. The van der Waals surface area contributed by atoms with Gasteiger partial charge in [0.15, 0.2) is 17.3 Å². The van der Waals surface area contributed by atoms with Gasteiger partial charge in [0.25, 0.3) is 0 Å². The number of ketones is 1. The molecule has 2 aromatic rings. The predicted molar refractivity (Wildman–Crippen MR) is 76.9 cm³/mol. The van der Waals surface area contributed by atoms with E-state index in [1.54, 1.807) is 24.3 Å². The van der Waals surface area contributed by atoms with Crippen LogP contribution in [0, 0.1) is 19.7 Å². The number of benzene rings is 2. The van der Waals surface area contributed by atoms with Crippen LogP contribution >= 0.6 is 0 Å². The topological polar surface area (TPSA) is 26.3 Å². The molecular formula is C17H17FO2. The van der Waals surface area contributed by atoms with Gasteiger partial charge in [0.05, 0.1) is 7.11 Å². The van der Waals surface area contributed by atoms with E-state index in [-0.39, 0.29) is 18.0 Å². The minimum Gasteiger partial charge on any atom is -0.494 e. The summed E-state index contributed by atoms with van der Waals surface area (Å²) in [5.41, 5.74) is 3.01. The van der Waals surface area contributed by atoms with Crippen LogP contribution in [0.4, 0.5) is 4.39 Å². The van der Waals surface area contributed by atoms with Crippen molar-refractivity contribution in [3.05, 3.63) is 64.5 Å². The van der Waals surface area contributed by atoms with E-state index in [9.17, 15) is 9.18 Å². The zero-order valence-corrected chi connectivity index (χ0v) is 11.9. The SMILES string of the molecule is COc1cccc(CC(=O)c2ccc(C)cc2C)c1F. The maximum Gasteiger partial charge on any atom is 0.168 e. The molecule has 0 saturated heterocycles. The summed E-state index contributed by atoms with van der Waals surface area (Å²) in [6.07, 6.45) is 0.0347. The van der Waals surface area contributed by atoms with Gasteiger partial charge in [-0.25, -0.2) is 4.39 Å². The van der Waals surface area contributed by atoms with Crippen molar-refractivity contribution in [2.45, 2.75) is 20.3 Å². The Hall–Kier alpha value is -2.16. The average Bonchev–Trinajstić information content (AvgIpc) is 2.41. The lowest BCUT2D eigenvalue weighted by atomic mass is 9.97. The van der Waals surface area contributed by atoms with Gasteiger partial charge in [0.2, 0.25) is 0 Å². The molecule has 20 heavy (non-hydrogen) atoms. The highest BCUT2D eigenvalue weighted by atomic mass is 19.1. The van der Waals surface area contributed by atoms with Crippen LogP contribution in [-0.2, 0) is 6.42 Å². The van der Waals surface area contributed by atoms with E-state index in [1.807, 2.05) is 26.0 Å². The number of aryl methyl sites for hydroxylation is 2. The number of halogens is 1. The largest absolute Gasteiger partial charge is 0.494 e. The minimum absolute atomic E-state index is 0.0347. The molecule has 0 radical (unpaired) electrons. The Bertz CT molecular complexity index is 647. The Morgan fingerprint density at radius 2 is 1.95 bits per heavy atom. The van der Waals surface area contributed by atoms with E-state index in [1.165, 1.54) is 7.11 Å². The van der Waals surface area contributed by atoms with Gasteiger partial charge in [-0.05, 0) is 31.0 Å². The van der Waals surface area contributed by atoms with Gasteiger partial charge in [-0.1, -0.05) is 35.9 Å². The molecule has 2 aromatic carbocycles. The molecule has 0 amide bonds. The van der Waals surface area contributed by atoms with E-state index in [0.717, 1.165) is 11.1 Å². The van der Waals surface area contributed by atoms with Crippen molar-refractivity contribution < 1.29 is 13.9 Å². The Kier molecular flexibility index (Phi) is 4.18. The molecule has 0 heterocycles. The molecule has 0 fully saturated rings. The first-order valence-corrected chi connectivity index (χ1v) is 6.44. The first kappa shape index (κ1) is 14.3. The monoisotopic (exact) mass is 272 g/mol. The molecule has 0 spiro atoms. The van der Waals surface area contributed by atoms with Gasteiger partial charge in [-0.2, -0.15) is 0 Å². The van der Waals surface area contributed by atoms with Gasteiger partial charge in [-0.15, -0.1) is 0 Å². The van der Waals surface area contributed by atoms with E-state index in [2.05, 4.69) is 0 Å². The van der Waals surface area contributed by atoms with Gasteiger partial charge in [0.1, 0.15) is 0 Å². The van der Waals surface area contributed by atoms with Gasteiger partial charge >= 0.3 is 0 Å². The average molecular weight is 272 g/mol. The summed E-state index contributed by atoms with van der Waals surface area (Å²) in [4.78, 5) is 12.3. The highest BCUT2D eigenvalue weighted by molar-refractivity contribution is 5.98.